The molecule has 0 saturated carbocycles. The average molecular weight is 488 g/mol. The van der Waals surface area contributed by atoms with Crippen molar-refractivity contribution in [3.8, 4) is 28.3 Å². The Labute approximate surface area is 215 Å². The smallest absolute Gasteiger partial charge is 0.231 e. The van der Waals surface area contributed by atoms with Crippen molar-refractivity contribution < 1.29 is 13.6 Å². The van der Waals surface area contributed by atoms with E-state index in [0.29, 0.717) is 5.89 Å². The van der Waals surface area contributed by atoms with Crippen LogP contribution in [0.15, 0.2) is 81.6 Å². The van der Waals surface area contributed by atoms with Gasteiger partial charge in [0.2, 0.25) is 5.89 Å². The molecule has 2 aromatic heterocycles. The molecule has 0 amide bonds. The molecule has 0 radical (unpaired) electrons. The van der Waals surface area contributed by atoms with Crippen LogP contribution in [0.1, 0.15) is 50.7 Å². The number of nitrogens with zero attached hydrogens (tertiary/aromatic N) is 1. The molecule has 4 aromatic carbocycles. The summed E-state index contributed by atoms with van der Waals surface area (Å²) in [5, 5.41) is 2.09. The van der Waals surface area contributed by atoms with Crippen molar-refractivity contribution in [2.24, 2.45) is 0 Å². The maximum Gasteiger partial charge on any atom is 0.231 e. The molecule has 7 rings (SSSR count). The lowest BCUT2D eigenvalue weighted by atomic mass is 9.71. The number of hydrogen-bond acceptors (Lipinski definition) is 4. The van der Waals surface area contributed by atoms with Gasteiger partial charge >= 0.3 is 0 Å². The van der Waals surface area contributed by atoms with E-state index in [-0.39, 0.29) is 5.41 Å². The predicted molar refractivity (Wildman–Crippen MR) is 149 cm³/mol. The van der Waals surface area contributed by atoms with Crippen molar-refractivity contribution >= 4 is 33.0 Å². The largest absolute Gasteiger partial charge is 0.496 e. The zero-order valence-corrected chi connectivity index (χ0v) is 21.4. The van der Waals surface area contributed by atoms with Gasteiger partial charge in [-0.15, -0.1) is 0 Å². The van der Waals surface area contributed by atoms with Crippen LogP contribution in [0.3, 0.4) is 0 Å². The minimum absolute atomic E-state index is 0.0153. The first kappa shape index (κ1) is 22.2. The lowest BCUT2D eigenvalue weighted by molar-refractivity contribution is 0.415. The van der Waals surface area contributed by atoms with Gasteiger partial charge in [-0.1, -0.05) is 69.2 Å². The Morgan fingerprint density at radius 2 is 1.49 bits per heavy atom. The maximum atomic E-state index is 6.46. The molecule has 0 atom stereocenters. The van der Waals surface area contributed by atoms with E-state index in [1.807, 2.05) is 30.3 Å². The van der Waals surface area contributed by atoms with Gasteiger partial charge < -0.3 is 13.6 Å². The van der Waals surface area contributed by atoms with Gasteiger partial charge in [-0.25, -0.2) is 4.98 Å². The summed E-state index contributed by atoms with van der Waals surface area (Å²) in [6.07, 6.45) is 4.49. The minimum atomic E-state index is 0.0153. The summed E-state index contributed by atoms with van der Waals surface area (Å²) in [5.41, 5.74) is 9.54. The first-order chi connectivity index (χ1) is 18.2. The topological polar surface area (TPSA) is 48.4 Å². The third-order valence-corrected chi connectivity index (χ3v) is 8.06. The molecule has 0 N–H and O–H groups in total. The monoisotopic (exact) mass is 487 g/mol. The Morgan fingerprint density at radius 3 is 2.30 bits per heavy atom. The Bertz CT molecular complexity index is 1800. The van der Waals surface area contributed by atoms with E-state index < -0.39 is 0 Å². The molecule has 2 heterocycles. The number of furan rings is 1. The van der Waals surface area contributed by atoms with Crippen molar-refractivity contribution in [3.63, 3.8) is 0 Å². The van der Waals surface area contributed by atoms with Crippen LogP contribution in [-0.2, 0) is 5.41 Å². The van der Waals surface area contributed by atoms with Crippen LogP contribution in [-0.4, -0.2) is 12.1 Å². The summed E-state index contributed by atoms with van der Waals surface area (Å²) < 4.78 is 18.4. The highest BCUT2D eigenvalue weighted by atomic mass is 16.5. The van der Waals surface area contributed by atoms with E-state index >= 15 is 0 Å². The highest BCUT2D eigenvalue weighted by molar-refractivity contribution is 6.07. The molecule has 0 fully saturated rings. The van der Waals surface area contributed by atoms with Crippen molar-refractivity contribution in [2.75, 3.05) is 7.11 Å². The third-order valence-electron chi connectivity index (χ3n) is 8.06. The Hall–Kier alpha value is -4.05. The van der Waals surface area contributed by atoms with Crippen LogP contribution in [0.2, 0.25) is 0 Å². The molecule has 0 bridgehead atoms. The number of methoxy groups -OCH3 is 1. The zero-order chi connectivity index (χ0) is 25.1. The van der Waals surface area contributed by atoms with Crippen molar-refractivity contribution in [1.82, 2.24) is 4.98 Å². The molecule has 4 heteroatoms. The van der Waals surface area contributed by atoms with Crippen LogP contribution in [0.4, 0.5) is 0 Å². The SMILES string of the molecule is CCCC1(CCC)c2ccccc2-c2cc3nc(-c4cc5oc6ccccc6c5cc4OC)oc3cc21. The van der Waals surface area contributed by atoms with E-state index in [1.165, 1.54) is 22.3 Å². The van der Waals surface area contributed by atoms with Gasteiger partial charge in [0.1, 0.15) is 22.4 Å². The number of hydrogen-bond donors (Lipinski definition) is 0. The van der Waals surface area contributed by atoms with Gasteiger partial charge in [0, 0.05) is 16.2 Å². The normalized spacial score (nSPS) is 13.9. The molecule has 0 saturated heterocycles. The Kier molecular flexibility index (Phi) is 4.94. The lowest BCUT2D eigenvalue weighted by Crippen LogP contribution is -2.24. The molecule has 184 valence electrons. The van der Waals surface area contributed by atoms with Crippen LogP contribution in [0, 0.1) is 0 Å². The summed E-state index contributed by atoms with van der Waals surface area (Å²) in [4.78, 5) is 4.95. The number of ether oxygens (including phenoxy) is 1. The van der Waals surface area contributed by atoms with Crippen LogP contribution in [0.25, 0.3) is 55.6 Å². The van der Waals surface area contributed by atoms with Crippen molar-refractivity contribution in [3.05, 3.63) is 83.9 Å². The Morgan fingerprint density at radius 1 is 0.703 bits per heavy atom. The van der Waals surface area contributed by atoms with Crippen LogP contribution >= 0.6 is 0 Å². The van der Waals surface area contributed by atoms with Gasteiger partial charge in [-0.3, -0.25) is 0 Å². The van der Waals surface area contributed by atoms with Crippen LogP contribution in [0.5, 0.6) is 5.75 Å². The maximum absolute atomic E-state index is 6.46. The first-order valence-electron chi connectivity index (χ1n) is 13.2. The number of para-hydroxylation sites is 1. The fourth-order valence-electron chi connectivity index (χ4n) is 6.59. The molecule has 0 unspecified atom stereocenters. The third kappa shape index (κ3) is 3.11. The molecule has 1 aliphatic carbocycles. The summed E-state index contributed by atoms with van der Waals surface area (Å²) in [5.74, 6) is 1.26. The predicted octanol–water partition coefficient (Wildman–Crippen LogP) is 9.27. The molecule has 0 aliphatic heterocycles. The van der Waals surface area contributed by atoms with Gasteiger partial charge in [-0.05, 0) is 65.4 Å². The second-order valence-electron chi connectivity index (χ2n) is 10.2. The molecule has 4 nitrogen and oxygen atoms in total. The number of oxazole rings is 1. The number of benzene rings is 4. The summed E-state index contributed by atoms with van der Waals surface area (Å²) in [6, 6.07) is 25.4. The van der Waals surface area contributed by atoms with E-state index in [4.69, 9.17) is 18.6 Å². The first-order valence-corrected chi connectivity index (χ1v) is 13.2. The summed E-state index contributed by atoms with van der Waals surface area (Å²) in [6.45, 7) is 4.56. The van der Waals surface area contributed by atoms with Crippen molar-refractivity contribution in [2.45, 2.75) is 44.9 Å². The summed E-state index contributed by atoms with van der Waals surface area (Å²) >= 11 is 0. The fraction of sp³-hybridized carbons (Fsp3) is 0.242. The zero-order valence-electron chi connectivity index (χ0n) is 21.4. The van der Waals surface area contributed by atoms with E-state index in [1.54, 1.807) is 7.11 Å². The molecule has 37 heavy (non-hydrogen) atoms. The highest BCUT2D eigenvalue weighted by Gasteiger charge is 2.42. The second kappa shape index (κ2) is 8.24. The fourth-order valence-corrected chi connectivity index (χ4v) is 6.59. The second-order valence-corrected chi connectivity index (χ2v) is 10.2. The molecular formula is C33H29NO3. The minimum Gasteiger partial charge on any atom is -0.496 e. The Balaban J connectivity index is 1.44. The molecule has 6 aromatic rings. The summed E-state index contributed by atoms with van der Waals surface area (Å²) in [7, 11) is 1.69. The van der Waals surface area contributed by atoms with Gasteiger partial charge in [0.25, 0.3) is 0 Å². The highest BCUT2D eigenvalue weighted by Crippen LogP contribution is 2.54. The average Bonchev–Trinajstić information content (AvgIpc) is 3.58. The number of fused-ring (bicyclic) bond motifs is 7. The number of aromatic nitrogens is 1. The van der Waals surface area contributed by atoms with E-state index in [2.05, 4.69) is 56.3 Å². The van der Waals surface area contributed by atoms with E-state index in [0.717, 1.165) is 70.0 Å². The van der Waals surface area contributed by atoms with E-state index in [9.17, 15) is 0 Å². The standard InChI is InChI=1S/C33H29NO3/c1-4-14-33(15-5-2)25-12-8-6-10-20(25)22-16-27-31(19-26(22)33)37-32(34-27)24-18-30-23(17-29(24)35-3)21-11-7-9-13-28(21)36-30/h6-13,16-19H,4-5,14-15H2,1-3H3. The quantitative estimate of drug-likeness (QED) is 0.235. The lowest BCUT2D eigenvalue weighted by Gasteiger charge is -2.31. The van der Waals surface area contributed by atoms with Gasteiger partial charge in [0.15, 0.2) is 5.58 Å². The van der Waals surface area contributed by atoms with Crippen molar-refractivity contribution in [1.29, 1.82) is 0 Å². The van der Waals surface area contributed by atoms with Gasteiger partial charge in [0.05, 0.1) is 12.7 Å². The van der Waals surface area contributed by atoms with Crippen LogP contribution < -0.4 is 4.74 Å². The molecule has 0 spiro atoms. The molecular weight excluding hydrogens is 458 g/mol. The number of rotatable bonds is 6. The molecule has 1 aliphatic rings. The van der Waals surface area contributed by atoms with Gasteiger partial charge in [-0.2, -0.15) is 0 Å².